The maximum atomic E-state index is 8.26. The van der Waals surface area contributed by atoms with Crippen LogP contribution >= 0.6 is 23.2 Å². The first kappa shape index (κ1) is 9.04. The van der Waals surface area contributed by atoms with Crippen molar-refractivity contribution in [2.45, 2.75) is 0 Å². The molecule has 0 amide bonds. The Bertz CT molecular complexity index is 320. The van der Waals surface area contributed by atoms with Gasteiger partial charge >= 0.3 is 0 Å². The SMILES string of the molecule is N#CCNc1nc(Cl)ncc1Cl. The molecule has 0 aliphatic heterocycles. The van der Waals surface area contributed by atoms with E-state index in [0.29, 0.717) is 10.8 Å². The van der Waals surface area contributed by atoms with Crippen LogP contribution in [0.5, 0.6) is 0 Å². The Morgan fingerprint density at radius 3 is 3.00 bits per heavy atom. The molecule has 0 fully saturated rings. The molecule has 0 aliphatic rings. The predicted octanol–water partition coefficient (Wildman–Crippen LogP) is 1.72. The maximum absolute atomic E-state index is 8.26. The molecule has 0 saturated heterocycles. The van der Waals surface area contributed by atoms with Gasteiger partial charge in [-0.15, -0.1) is 0 Å². The van der Waals surface area contributed by atoms with Crippen LogP contribution in [0.1, 0.15) is 0 Å². The molecule has 4 nitrogen and oxygen atoms in total. The Morgan fingerprint density at radius 1 is 1.58 bits per heavy atom. The van der Waals surface area contributed by atoms with Crippen LogP contribution in [-0.4, -0.2) is 16.5 Å². The summed E-state index contributed by atoms with van der Waals surface area (Å²) in [6, 6.07) is 1.89. The number of aromatic nitrogens is 2. The summed E-state index contributed by atoms with van der Waals surface area (Å²) in [6.45, 7) is 0.132. The molecule has 0 unspecified atom stereocenters. The van der Waals surface area contributed by atoms with Crippen molar-refractivity contribution in [2.24, 2.45) is 0 Å². The third kappa shape index (κ3) is 2.22. The van der Waals surface area contributed by atoms with E-state index in [4.69, 9.17) is 28.5 Å². The molecule has 12 heavy (non-hydrogen) atoms. The highest BCUT2D eigenvalue weighted by Crippen LogP contribution is 2.18. The van der Waals surface area contributed by atoms with Gasteiger partial charge in [0.1, 0.15) is 11.6 Å². The Labute approximate surface area is 79.1 Å². The lowest BCUT2D eigenvalue weighted by Gasteiger charge is -2.01. The summed E-state index contributed by atoms with van der Waals surface area (Å²) in [5.74, 6) is 0.373. The zero-order valence-electron chi connectivity index (χ0n) is 5.88. The van der Waals surface area contributed by atoms with Crippen LogP contribution < -0.4 is 5.32 Å². The quantitative estimate of drug-likeness (QED) is 0.587. The molecule has 0 saturated carbocycles. The standard InChI is InChI=1S/C6H4Cl2N4/c7-4-3-11-6(8)12-5(4)10-2-1-9/h3H,2H2,(H,10,11,12). The van der Waals surface area contributed by atoms with Crippen LogP contribution in [0.25, 0.3) is 0 Å². The van der Waals surface area contributed by atoms with Gasteiger partial charge in [-0.25, -0.2) is 4.98 Å². The average molecular weight is 203 g/mol. The second-order valence-electron chi connectivity index (χ2n) is 1.85. The van der Waals surface area contributed by atoms with Crippen molar-refractivity contribution in [3.63, 3.8) is 0 Å². The molecule has 1 rings (SSSR count). The number of nitrogens with one attached hydrogen (secondary N) is 1. The summed E-state index contributed by atoms with van der Waals surface area (Å²) in [5.41, 5.74) is 0. The van der Waals surface area contributed by atoms with Gasteiger partial charge in [-0.2, -0.15) is 10.2 Å². The topological polar surface area (TPSA) is 61.6 Å². The lowest BCUT2D eigenvalue weighted by Crippen LogP contribution is -2.02. The van der Waals surface area contributed by atoms with Crippen LogP contribution in [0.15, 0.2) is 6.20 Å². The first-order valence-electron chi connectivity index (χ1n) is 3.03. The van der Waals surface area contributed by atoms with Crippen molar-refractivity contribution >= 4 is 29.0 Å². The average Bonchev–Trinajstić information content (AvgIpc) is 2.07. The Balaban J connectivity index is 2.84. The Morgan fingerprint density at radius 2 is 2.33 bits per heavy atom. The van der Waals surface area contributed by atoms with Gasteiger partial charge in [-0.3, -0.25) is 0 Å². The number of halogens is 2. The number of nitrogens with zero attached hydrogens (tertiary/aromatic N) is 3. The van der Waals surface area contributed by atoms with Crippen molar-refractivity contribution in [3.05, 3.63) is 16.5 Å². The molecule has 1 N–H and O–H groups in total. The molecule has 1 aromatic heterocycles. The van der Waals surface area contributed by atoms with Crippen LogP contribution in [0.4, 0.5) is 5.82 Å². The van der Waals surface area contributed by atoms with E-state index < -0.39 is 0 Å². The van der Waals surface area contributed by atoms with Crippen molar-refractivity contribution in [1.82, 2.24) is 9.97 Å². The van der Waals surface area contributed by atoms with Crippen molar-refractivity contribution in [1.29, 1.82) is 5.26 Å². The van der Waals surface area contributed by atoms with Crippen LogP contribution in [0, 0.1) is 11.3 Å². The van der Waals surface area contributed by atoms with Crippen molar-refractivity contribution in [2.75, 3.05) is 11.9 Å². The van der Waals surface area contributed by atoms with E-state index in [1.165, 1.54) is 6.20 Å². The minimum atomic E-state index is 0.0971. The van der Waals surface area contributed by atoms with Gasteiger partial charge in [-0.05, 0) is 11.6 Å². The number of hydrogen-bond acceptors (Lipinski definition) is 4. The van der Waals surface area contributed by atoms with E-state index in [9.17, 15) is 0 Å². The van der Waals surface area contributed by atoms with E-state index in [1.54, 1.807) is 0 Å². The van der Waals surface area contributed by atoms with Gasteiger partial charge in [0.2, 0.25) is 5.28 Å². The fourth-order valence-corrected chi connectivity index (χ4v) is 0.884. The van der Waals surface area contributed by atoms with E-state index in [-0.39, 0.29) is 11.8 Å². The molecule has 1 heterocycles. The summed E-state index contributed by atoms with van der Waals surface area (Å²) >= 11 is 11.2. The first-order chi connectivity index (χ1) is 5.74. The fraction of sp³-hybridized carbons (Fsp3) is 0.167. The predicted molar refractivity (Wildman–Crippen MR) is 46.2 cm³/mol. The second kappa shape index (κ2) is 4.10. The van der Waals surface area contributed by atoms with E-state index in [0.717, 1.165) is 0 Å². The molecule has 0 spiro atoms. The second-order valence-corrected chi connectivity index (χ2v) is 2.59. The normalized spacial score (nSPS) is 9.08. The fourth-order valence-electron chi connectivity index (χ4n) is 0.593. The third-order valence-corrected chi connectivity index (χ3v) is 1.51. The molecular formula is C6H4Cl2N4. The van der Waals surface area contributed by atoms with Gasteiger partial charge in [0.25, 0.3) is 0 Å². The number of rotatable bonds is 2. The molecule has 0 bridgehead atoms. The summed E-state index contributed by atoms with van der Waals surface area (Å²) < 4.78 is 0. The summed E-state index contributed by atoms with van der Waals surface area (Å²) in [7, 11) is 0. The lowest BCUT2D eigenvalue weighted by molar-refractivity contribution is 1.14. The van der Waals surface area contributed by atoms with E-state index >= 15 is 0 Å². The summed E-state index contributed by atoms with van der Waals surface area (Å²) in [5, 5.41) is 11.4. The molecule has 0 aliphatic carbocycles. The summed E-state index contributed by atoms with van der Waals surface area (Å²) in [4.78, 5) is 7.42. The third-order valence-electron chi connectivity index (χ3n) is 1.05. The van der Waals surface area contributed by atoms with Gasteiger partial charge < -0.3 is 5.32 Å². The van der Waals surface area contributed by atoms with Crippen LogP contribution in [-0.2, 0) is 0 Å². The smallest absolute Gasteiger partial charge is 0.224 e. The molecule has 1 aromatic rings. The molecule has 62 valence electrons. The van der Waals surface area contributed by atoms with Gasteiger partial charge in [0.05, 0.1) is 12.3 Å². The maximum Gasteiger partial charge on any atom is 0.224 e. The highest BCUT2D eigenvalue weighted by Gasteiger charge is 2.01. The molecule has 6 heteroatoms. The highest BCUT2D eigenvalue weighted by molar-refractivity contribution is 6.33. The van der Waals surface area contributed by atoms with Gasteiger partial charge in [0.15, 0.2) is 5.82 Å². The number of nitriles is 1. The first-order valence-corrected chi connectivity index (χ1v) is 3.78. The minimum absolute atomic E-state index is 0.0971. The molecular weight excluding hydrogens is 199 g/mol. The Kier molecular flexibility index (Phi) is 3.09. The molecule has 0 aromatic carbocycles. The molecule has 0 radical (unpaired) electrons. The summed E-state index contributed by atoms with van der Waals surface area (Å²) in [6.07, 6.45) is 1.37. The van der Waals surface area contributed by atoms with Crippen LogP contribution in [0.3, 0.4) is 0 Å². The zero-order valence-corrected chi connectivity index (χ0v) is 7.39. The van der Waals surface area contributed by atoms with E-state index in [2.05, 4.69) is 15.3 Å². The Hall–Kier alpha value is -1.05. The number of anilines is 1. The minimum Gasteiger partial charge on any atom is -0.356 e. The van der Waals surface area contributed by atoms with Crippen molar-refractivity contribution in [3.8, 4) is 6.07 Å². The largest absolute Gasteiger partial charge is 0.356 e. The van der Waals surface area contributed by atoms with E-state index in [1.807, 2.05) is 6.07 Å². The van der Waals surface area contributed by atoms with Gasteiger partial charge in [0, 0.05) is 0 Å². The zero-order chi connectivity index (χ0) is 8.97. The highest BCUT2D eigenvalue weighted by atomic mass is 35.5. The number of hydrogen-bond donors (Lipinski definition) is 1. The lowest BCUT2D eigenvalue weighted by atomic mass is 10.5. The van der Waals surface area contributed by atoms with Crippen LogP contribution in [0.2, 0.25) is 10.3 Å². The van der Waals surface area contributed by atoms with Crippen molar-refractivity contribution < 1.29 is 0 Å². The molecule has 0 atom stereocenters. The monoisotopic (exact) mass is 202 g/mol. The van der Waals surface area contributed by atoms with Gasteiger partial charge in [-0.1, -0.05) is 11.6 Å².